The van der Waals surface area contributed by atoms with Crippen LogP contribution in [0.1, 0.15) is 6.42 Å². The average molecular weight is 245 g/mol. The molecule has 1 saturated heterocycles. The maximum absolute atomic E-state index is 11.7. The minimum Gasteiger partial charge on any atom is -0.320 e. The third kappa shape index (κ3) is 1.95. The molecular formula is C10H10Cl2N2O. The molecule has 5 heteroatoms. The molecule has 0 radical (unpaired) electrons. The second kappa shape index (κ2) is 4.00. The summed E-state index contributed by atoms with van der Waals surface area (Å²) in [5.41, 5.74) is 6.31. The zero-order valence-electron chi connectivity index (χ0n) is 7.91. The van der Waals surface area contributed by atoms with Gasteiger partial charge in [-0.2, -0.15) is 0 Å². The van der Waals surface area contributed by atoms with Crippen LogP contribution < -0.4 is 10.6 Å². The Hall–Kier alpha value is -0.770. The molecule has 1 aromatic rings. The van der Waals surface area contributed by atoms with Crippen LogP contribution in [0.25, 0.3) is 0 Å². The van der Waals surface area contributed by atoms with Crippen LogP contribution in [0.2, 0.25) is 10.0 Å². The molecule has 0 spiro atoms. The minimum atomic E-state index is -0.406. The summed E-state index contributed by atoms with van der Waals surface area (Å²) in [4.78, 5) is 13.3. The van der Waals surface area contributed by atoms with Gasteiger partial charge in [-0.3, -0.25) is 4.79 Å². The molecule has 2 N–H and O–H groups in total. The Morgan fingerprint density at radius 3 is 2.67 bits per heavy atom. The van der Waals surface area contributed by atoms with Crippen molar-refractivity contribution in [2.75, 3.05) is 11.4 Å². The molecule has 0 aliphatic carbocycles. The van der Waals surface area contributed by atoms with Crippen LogP contribution >= 0.6 is 23.2 Å². The summed E-state index contributed by atoms with van der Waals surface area (Å²) in [6.45, 7) is 0.612. The fourth-order valence-corrected chi connectivity index (χ4v) is 2.15. The lowest BCUT2D eigenvalue weighted by Gasteiger charge is -2.17. The van der Waals surface area contributed by atoms with Crippen molar-refractivity contribution >= 4 is 34.8 Å². The van der Waals surface area contributed by atoms with Crippen molar-refractivity contribution < 1.29 is 4.79 Å². The van der Waals surface area contributed by atoms with E-state index in [0.717, 1.165) is 0 Å². The van der Waals surface area contributed by atoms with Crippen LogP contribution in [0.3, 0.4) is 0 Å². The Morgan fingerprint density at radius 1 is 1.40 bits per heavy atom. The van der Waals surface area contributed by atoms with Crippen LogP contribution in [0.5, 0.6) is 0 Å². The molecule has 3 nitrogen and oxygen atoms in total. The van der Waals surface area contributed by atoms with Crippen molar-refractivity contribution in [3.63, 3.8) is 0 Å². The van der Waals surface area contributed by atoms with Gasteiger partial charge < -0.3 is 10.6 Å². The number of carbonyl (C=O) groups excluding carboxylic acids is 1. The van der Waals surface area contributed by atoms with Gasteiger partial charge in [0.25, 0.3) is 0 Å². The molecular weight excluding hydrogens is 235 g/mol. The van der Waals surface area contributed by atoms with Crippen molar-refractivity contribution in [3.8, 4) is 0 Å². The first-order valence-electron chi connectivity index (χ1n) is 4.61. The van der Waals surface area contributed by atoms with Crippen molar-refractivity contribution in [3.05, 3.63) is 28.2 Å². The maximum atomic E-state index is 11.7. The largest absolute Gasteiger partial charge is 0.320 e. The normalized spacial score (nSPS) is 21.1. The molecule has 0 saturated carbocycles. The van der Waals surface area contributed by atoms with E-state index in [1.165, 1.54) is 0 Å². The summed E-state index contributed by atoms with van der Waals surface area (Å²) in [6, 6.07) is 4.66. The number of carbonyl (C=O) groups is 1. The van der Waals surface area contributed by atoms with Crippen molar-refractivity contribution in [2.45, 2.75) is 12.5 Å². The lowest BCUT2D eigenvalue weighted by atomic mass is 10.3. The van der Waals surface area contributed by atoms with E-state index in [1.807, 2.05) is 0 Å². The summed E-state index contributed by atoms with van der Waals surface area (Å²) >= 11 is 11.8. The molecule has 1 unspecified atom stereocenters. The zero-order chi connectivity index (χ0) is 11.0. The van der Waals surface area contributed by atoms with E-state index in [4.69, 9.17) is 28.9 Å². The quantitative estimate of drug-likeness (QED) is 0.823. The summed E-state index contributed by atoms with van der Waals surface area (Å²) in [7, 11) is 0. The molecule has 1 aliphatic heterocycles. The lowest BCUT2D eigenvalue weighted by molar-refractivity contribution is -0.118. The summed E-state index contributed by atoms with van der Waals surface area (Å²) in [5, 5.41) is 1.03. The minimum absolute atomic E-state index is 0.0841. The molecule has 15 heavy (non-hydrogen) atoms. The van der Waals surface area contributed by atoms with Gasteiger partial charge in [0.2, 0.25) is 5.91 Å². The third-order valence-corrected chi connectivity index (χ3v) is 2.99. The van der Waals surface area contributed by atoms with E-state index in [2.05, 4.69) is 0 Å². The number of nitrogens with zero attached hydrogens (tertiary/aromatic N) is 1. The van der Waals surface area contributed by atoms with E-state index in [-0.39, 0.29) is 5.91 Å². The van der Waals surface area contributed by atoms with E-state index < -0.39 is 6.04 Å². The predicted molar refractivity (Wildman–Crippen MR) is 61.4 cm³/mol. The number of halogens is 2. The first-order valence-corrected chi connectivity index (χ1v) is 5.37. The summed E-state index contributed by atoms with van der Waals surface area (Å²) in [5.74, 6) is -0.0841. The van der Waals surface area contributed by atoms with E-state index >= 15 is 0 Å². The fraction of sp³-hybridized carbons (Fsp3) is 0.300. The highest BCUT2D eigenvalue weighted by molar-refractivity contribution is 6.36. The van der Waals surface area contributed by atoms with Crippen LogP contribution in [-0.4, -0.2) is 18.5 Å². The number of amides is 1. The van der Waals surface area contributed by atoms with Crippen molar-refractivity contribution in [1.29, 1.82) is 0 Å². The highest BCUT2D eigenvalue weighted by Gasteiger charge is 2.30. The monoisotopic (exact) mass is 244 g/mol. The lowest BCUT2D eigenvalue weighted by Crippen LogP contribution is -2.34. The second-order valence-corrected chi connectivity index (χ2v) is 4.32. The maximum Gasteiger partial charge on any atom is 0.244 e. The Morgan fingerprint density at radius 2 is 2.13 bits per heavy atom. The van der Waals surface area contributed by atoms with E-state index in [0.29, 0.717) is 28.7 Å². The molecule has 0 aromatic heterocycles. The molecule has 80 valence electrons. The van der Waals surface area contributed by atoms with Gasteiger partial charge in [0.15, 0.2) is 0 Å². The van der Waals surface area contributed by atoms with Gasteiger partial charge in [0.1, 0.15) is 0 Å². The Balaban J connectivity index is 2.34. The van der Waals surface area contributed by atoms with E-state index in [1.54, 1.807) is 23.1 Å². The number of hydrogen-bond acceptors (Lipinski definition) is 2. The Labute approximate surface area is 97.8 Å². The number of rotatable bonds is 1. The van der Waals surface area contributed by atoms with Crippen LogP contribution in [0.4, 0.5) is 5.69 Å². The molecule has 1 aliphatic rings. The standard InChI is InChI=1S/C10H10Cl2N2O/c11-6-1-2-9(7(12)5-6)14-4-3-8(13)10(14)15/h1-2,5,8H,3-4,13H2. The first kappa shape index (κ1) is 10.7. The third-order valence-electron chi connectivity index (χ3n) is 2.45. The van der Waals surface area contributed by atoms with Gasteiger partial charge >= 0.3 is 0 Å². The smallest absolute Gasteiger partial charge is 0.244 e. The van der Waals surface area contributed by atoms with Crippen LogP contribution in [0, 0.1) is 0 Å². The average Bonchev–Trinajstić information content (AvgIpc) is 2.49. The topological polar surface area (TPSA) is 46.3 Å². The first-order chi connectivity index (χ1) is 7.09. The Bertz CT molecular complexity index is 408. The van der Waals surface area contributed by atoms with Crippen LogP contribution in [-0.2, 0) is 4.79 Å². The second-order valence-electron chi connectivity index (χ2n) is 3.48. The predicted octanol–water partition coefficient (Wildman–Crippen LogP) is 2.06. The zero-order valence-corrected chi connectivity index (χ0v) is 9.42. The van der Waals surface area contributed by atoms with E-state index in [9.17, 15) is 4.79 Å². The number of nitrogens with two attached hydrogens (primary N) is 1. The van der Waals surface area contributed by atoms with Crippen molar-refractivity contribution in [2.24, 2.45) is 5.73 Å². The van der Waals surface area contributed by atoms with Gasteiger partial charge in [-0.25, -0.2) is 0 Å². The highest BCUT2D eigenvalue weighted by atomic mass is 35.5. The molecule has 1 fully saturated rings. The van der Waals surface area contributed by atoms with Gasteiger partial charge in [0, 0.05) is 11.6 Å². The fourth-order valence-electron chi connectivity index (χ4n) is 1.64. The molecule has 0 bridgehead atoms. The summed E-state index contributed by atoms with van der Waals surface area (Å²) in [6.07, 6.45) is 0.664. The van der Waals surface area contributed by atoms with Gasteiger partial charge in [-0.05, 0) is 24.6 Å². The van der Waals surface area contributed by atoms with Crippen molar-refractivity contribution in [1.82, 2.24) is 0 Å². The van der Waals surface area contributed by atoms with Gasteiger partial charge in [-0.1, -0.05) is 23.2 Å². The number of benzene rings is 1. The van der Waals surface area contributed by atoms with Gasteiger partial charge in [0.05, 0.1) is 16.8 Å². The number of hydrogen-bond donors (Lipinski definition) is 1. The Kier molecular flexibility index (Phi) is 2.87. The summed E-state index contributed by atoms with van der Waals surface area (Å²) < 4.78 is 0. The SMILES string of the molecule is NC1CCN(c2ccc(Cl)cc2Cl)C1=O. The molecule has 1 atom stereocenters. The molecule has 1 aromatic carbocycles. The molecule has 1 amide bonds. The number of anilines is 1. The molecule has 2 rings (SSSR count). The molecule has 1 heterocycles. The highest BCUT2D eigenvalue weighted by Crippen LogP contribution is 2.31. The van der Waals surface area contributed by atoms with Gasteiger partial charge in [-0.15, -0.1) is 0 Å². The van der Waals surface area contributed by atoms with Crippen LogP contribution in [0.15, 0.2) is 18.2 Å².